The van der Waals surface area contributed by atoms with Crippen molar-refractivity contribution in [2.45, 2.75) is 17.9 Å². The molecule has 1 unspecified atom stereocenters. The Balaban J connectivity index is 1.91. The standard InChI is InChI=1S/C25H27ClN2O6S/c1-17(18-5-11-21(32-2)12-6-18)27-25(29)16-28(20-9-7-19(26)8-10-20)35(30,31)22-13-14-23(33-3)24(15-22)34-4/h5-15,17H,16H2,1-4H3,(H,27,29). The Kier molecular flexibility index (Phi) is 8.48. The Hall–Kier alpha value is -3.43. The SMILES string of the molecule is COc1ccc(C(C)NC(=O)CN(c2ccc(Cl)cc2)S(=O)(=O)c2ccc(OC)c(OC)c2)cc1. The number of sulfonamides is 1. The van der Waals surface area contributed by atoms with Gasteiger partial charge in [-0.3, -0.25) is 9.10 Å². The molecule has 3 rings (SSSR count). The van der Waals surface area contributed by atoms with Crippen molar-refractivity contribution in [1.82, 2.24) is 5.32 Å². The first-order chi connectivity index (χ1) is 16.7. The van der Waals surface area contributed by atoms with E-state index in [1.54, 1.807) is 43.5 Å². The summed E-state index contributed by atoms with van der Waals surface area (Å²) < 4.78 is 44.0. The molecule has 35 heavy (non-hydrogen) atoms. The van der Waals surface area contributed by atoms with Crippen molar-refractivity contribution in [2.75, 3.05) is 32.2 Å². The number of carbonyl (C=O) groups is 1. The maximum Gasteiger partial charge on any atom is 0.264 e. The summed E-state index contributed by atoms with van der Waals surface area (Å²) >= 11 is 6.00. The molecule has 186 valence electrons. The average molecular weight is 519 g/mol. The number of methoxy groups -OCH3 is 3. The number of nitrogens with zero attached hydrogens (tertiary/aromatic N) is 1. The number of hydrogen-bond acceptors (Lipinski definition) is 6. The molecule has 0 heterocycles. The van der Waals surface area contributed by atoms with Gasteiger partial charge in [-0.05, 0) is 61.0 Å². The fourth-order valence-electron chi connectivity index (χ4n) is 3.42. The molecule has 0 aliphatic rings. The van der Waals surface area contributed by atoms with E-state index < -0.39 is 22.5 Å². The second kappa shape index (κ2) is 11.3. The molecule has 0 saturated heterocycles. The molecule has 0 aromatic heterocycles. The topological polar surface area (TPSA) is 94.2 Å². The summed E-state index contributed by atoms with van der Waals surface area (Å²) in [7, 11) is 0.297. The summed E-state index contributed by atoms with van der Waals surface area (Å²) in [6, 6.07) is 17.4. The van der Waals surface area contributed by atoms with E-state index >= 15 is 0 Å². The highest BCUT2D eigenvalue weighted by Gasteiger charge is 2.29. The van der Waals surface area contributed by atoms with Gasteiger partial charge in [-0.15, -0.1) is 0 Å². The summed E-state index contributed by atoms with van der Waals surface area (Å²) in [5, 5.41) is 3.29. The number of benzene rings is 3. The van der Waals surface area contributed by atoms with Gasteiger partial charge >= 0.3 is 0 Å². The van der Waals surface area contributed by atoms with Crippen LogP contribution in [0.4, 0.5) is 5.69 Å². The van der Waals surface area contributed by atoms with E-state index in [0.29, 0.717) is 16.5 Å². The van der Waals surface area contributed by atoms with E-state index in [2.05, 4.69) is 5.32 Å². The zero-order valence-corrected chi connectivity index (χ0v) is 21.4. The Morgan fingerprint density at radius 2 is 1.54 bits per heavy atom. The summed E-state index contributed by atoms with van der Waals surface area (Å²) in [6.45, 7) is 1.37. The zero-order valence-electron chi connectivity index (χ0n) is 19.8. The minimum absolute atomic E-state index is 0.0545. The van der Waals surface area contributed by atoms with E-state index in [-0.39, 0.29) is 22.4 Å². The fraction of sp³-hybridized carbons (Fsp3) is 0.240. The lowest BCUT2D eigenvalue weighted by atomic mass is 10.1. The van der Waals surface area contributed by atoms with Crippen LogP contribution in [0.3, 0.4) is 0 Å². The van der Waals surface area contributed by atoms with Crippen LogP contribution in [0.2, 0.25) is 5.02 Å². The van der Waals surface area contributed by atoms with Crippen molar-refractivity contribution < 1.29 is 27.4 Å². The molecule has 10 heteroatoms. The number of ether oxygens (including phenoxy) is 3. The molecule has 0 spiro atoms. The normalized spacial score (nSPS) is 11.9. The number of anilines is 1. The number of amides is 1. The van der Waals surface area contributed by atoms with Crippen LogP contribution >= 0.6 is 11.6 Å². The van der Waals surface area contributed by atoms with Gasteiger partial charge < -0.3 is 19.5 Å². The van der Waals surface area contributed by atoms with Crippen LogP contribution in [0.15, 0.2) is 71.6 Å². The molecular weight excluding hydrogens is 492 g/mol. The highest BCUT2D eigenvalue weighted by Crippen LogP contribution is 2.32. The van der Waals surface area contributed by atoms with Gasteiger partial charge in [0.1, 0.15) is 12.3 Å². The third-order valence-corrected chi connectivity index (χ3v) is 7.36. The second-order valence-corrected chi connectivity index (χ2v) is 9.87. The maximum absolute atomic E-state index is 13.6. The zero-order chi connectivity index (χ0) is 25.6. The molecule has 0 radical (unpaired) electrons. The predicted octanol–water partition coefficient (Wildman–Crippen LogP) is 4.44. The van der Waals surface area contributed by atoms with Gasteiger partial charge in [0, 0.05) is 11.1 Å². The first kappa shape index (κ1) is 26.2. The number of rotatable bonds is 10. The van der Waals surface area contributed by atoms with Gasteiger partial charge in [-0.25, -0.2) is 8.42 Å². The summed E-state index contributed by atoms with van der Waals surface area (Å²) in [4.78, 5) is 12.9. The van der Waals surface area contributed by atoms with Crippen LogP contribution in [-0.4, -0.2) is 42.2 Å². The van der Waals surface area contributed by atoms with Gasteiger partial charge in [-0.2, -0.15) is 0 Å². The number of halogens is 1. The van der Waals surface area contributed by atoms with E-state index in [1.807, 2.05) is 19.1 Å². The Bertz CT molecular complexity index is 1260. The first-order valence-corrected chi connectivity index (χ1v) is 12.4. The van der Waals surface area contributed by atoms with Crippen molar-refractivity contribution in [1.29, 1.82) is 0 Å². The quantitative estimate of drug-likeness (QED) is 0.426. The van der Waals surface area contributed by atoms with Gasteiger partial charge in [0.2, 0.25) is 5.91 Å². The summed E-state index contributed by atoms with van der Waals surface area (Å²) in [5.74, 6) is 0.854. The summed E-state index contributed by atoms with van der Waals surface area (Å²) in [6.07, 6.45) is 0. The van der Waals surface area contributed by atoms with Gasteiger partial charge in [0.15, 0.2) is 11.5 Å². The molecule has 8 nitrogen and oxygen atoms in total. The number of hydrogen-bond donors (Lipinski definition) is 1. The van der Waals surface area contributed by atoms with Crippen molar-refractivity contribution >= 4 is 33.2 Å². The third-order valence-electron chi connectivity index (χ3n) is 5.34. The lowest BCUT2D eigenvalue weighted by molar-refractivity contribution is -0.120. The molecule has 1 N–H and O–H groups in total. The largest absolute Gasteiger partial charge is 0.497 e. The van der Waals surface area contributed by atoms with E-state index in [9.17, 15) is 13.2 Å². The van der Waals surface area contributed by atoms with Crippen LogP contribution in [0.1, 0.15) is 18.5 Å². The lowest BCUT2D eigenvalue weighted by Gasteiger charge is -2.25. The van der Waals surface area contributed by atoms with Gasteiger partial charge in [0.25, 0.3) is 10.0 Å². The highest BCUT2D eigenvalue weighted by atomic mass is 35.5. The van der Waals surface area contributed by atoms with E-state index in [1.165, 1.54) is 32.4 Å². The minimum Gasteiger partial charge on any atom is -0.497 e. The van der Waals surface area contributed by atoms with Crippen molar-refractivity contribution in [2.24, 2.45) is 0 Å². The van der Waals surface area contributed by atoms with Crippen LogP contribution in [0.25, 0.3) is 0 Å². The van der Waals surface area contributed by atoms with Crippen LogP contribution in [0, 0.1) is 0 Å². The molecule has 1 atom stereocenters. The van der Waals surface area contributed by atoms with E-state index in [4.69, 9.17) is 25.8 Å². The Morgan fingerprint density at radius 1 is 0.914 bits per heavy atom. The van der Waals surface area contributed by atoms with Crippen molar-refractivity contribution in [3.63, 3.8) is 0 Å². The average Bonchev–Trinajstić information content (AvgIpc) is 2.87. The molecular formula is C25H27ClN2O6S. The molecule has 0 saturated carbocycles. The fourth-order valence-corrected chi connectivity index (χ4v) is 4.98. The van der Waals surface area contributed by atoms with Crippen molar-refractivity contribution in [3.05, 3.63) is 77.3 Å². The number of nitrogens with one attached hydrogen (secondary N) is 1. The van der Waals surface area contributed by atoms with Gasteiger partial charge in [0.05, 0.1) is 38.0 Å². The lowest BCUT2D eigenvalue weighted by Crippen LogP contribution is -2.41. The monoisotopic (exact) mass is 518 g/mol. The molecule has 0 aliphatic carbocycles. The summed E-state index contributed by atoms with van der Waals surface area (Å²) in [5.41, 5.74) is 1.14. The minimum atomic E-state index is -4.15. The Labute approximate surface area is 210 Å². The van der Waals surface area contributed by atoms with Gasteiger partial charge in [-0.1, -0.05) is 23.7 Å². The maximum atomic E-state index is 13.6. The molecule has 0 bridgehead atoms. The van der Waals surface area contributed by atoms with Crippen LogP contribution in [-0.2, 0) is 14.8 Å². The predicted molar refractivity (Wildman–Crippen MR) is 135 cm³/mol. The number of carbonyl (C=O) groups excluding carboxylic acids is 1. The smallest absolute Gasteiger partial charge is 0.264 e. The molecule has 1 amide bonds. The molecule has 3 aromatic rings. The van der Waals surface area contributed by atoms with E-state index in [0.717, 1.165) is 9.87 Å². The molecule has 0 fully saturated rings. The Morgan fingerprint density at radius 3 is 2.11 bits per heavy atom. The molecule has 0 aliphatic heterocycles. The molecule has 3 aromatic carbocycles. The second-order valence-electron chi connectivity index (χ2n) is 7.57. The first-order valence-electron chi connectivity index (χ1n) is 10.6. The van der Waals surface area contributed by atoms with Crippen molar-refractivity contribution in [3.8, 4) is 17.2 Å². The van der Waals surface area contributed by atoms with Crippen LogP contribution in [0.5, 0.6) is 17.2 Å². The highest BCUT2D eigenvalue weighted by molar-refractivity contribution is 7.92. The third kappa shape index (κ3) is 6.17. The van der Waals surface area contributed by atoms with Crippen LogP contribution < -0.4 is 23.8 Å².